The van der Waals surface area contributed by atoms with Gasteiger partial charge in [0.15, 0.2) is 0 Å². The third-order valence-corrected chi connectivity index (χ3v) is 4.95. The molecule has 1 saturated heterocycles. The summed E-state index contributed by atoms with van der Waals surface area (Å²) in [4.78, 5) is 1.13. The van der Waals surface area contributed by atoms with Crippen molar-refractivity contribution in [2.45, 2.75) is 49.1 Å². The first-order valence-electron chi connectivity index (χ1n) is 7.45. The van der Waals surface area contributed by atoms with E-state index in [2.05, 4.69) is 5.32 Å². The van der Waals surface area contributed by atoms with Crippen molar-refractivity contribution in [1.82, 2.24) is 5.32 Å². The highest BCUT2D eigenvalue weighted by Crippen LogP contribution is 2.22. The third-order valence-electron chi connectivity index (χ3n) is 3.78. The Labute approximate surface area is 125 Å². The van der Waals surface area contributed by atoms with Gasteiger partial charge in [-0.2, -0.15) is 0 Å². The molecular weight excluding hydrogens is 273 g/mol. The van der Waals surface area contributed by atoms with E-state index in [-0.39, 0.29) is 5.82 Å². The monoisotopic (exact) mass is 297 g/mol. The Bertz CT molecular complexity index is 379. The molecule has 2 nitrogen and oxygen atoms in total. The first-order chi connectivity index (χ1) is 9.78. The Morgan fingerprint density at radius 1 is 1.40 bits per heavy atom. The largest absolute Gasteiger partial charge is 0.378 e. The van der Waals surface area contributed by atoms with Crippen LogP contribution in [0.2, 0.25) is 0 Å². The van der Waals surface area contributed by atoms with E-state index in [1.807, 2.05) is 19.2 Å². The van der Waals surface area contributed by atoms with Crippen molar-refractivity contribution in [3.63, 3.8) is 0 Å². The van der Waals surface area contributed by atoms with E-state index in [1.54, 1.807) is 11.8 Å². The van der Waals surface area contributed by atoms with E-state index in [0.717, 1.165) is 17.3 Å². The number of hydrogen-bond donors (Lipinski definition) is 1. The van der Waals surface area contributed by atoms with E-state index < -0.39 is 0 Å². The summed E-state index contributed by atoms with van der Waals surface area (Å²) in [5, 5.41) is 3.37. The number of nitrogens with one attached hydrogen (secondary N) is 1. The van der Waals surface area contributed by atoms with Gasteiger partial charge in [-0.05, 0) is 63.4 Å². The minimum Gasteiger partial charge on any atom is -0.378 e. The summed E-state index contributed by atoms with van der Waals surface area (Å²) >= 11 is 1.78. The lowest BCUT2D eigenvalue weighted by atomic mass is 10.1. The molecule has 4 heteroatoms. The molecular formula is C16H24FNOS. The molecule has 2 atom stereocenters. The number of halogens is 1. The average Bonchev–Trinajstić information content (AvgIpc) is 2.97. The SMILES string of the molecule is CNC(CCCC1CCCO1)CSc1ccc(F)cc1. The highest BCUT2D eigenvalue weighted by Gasteiger charge is 2.15. The van der Waals surface area contributed by atoms with Crippen LogP contribution in [0.15, 0.2) is 29.2 Å². The Kier molecular flexibility index (Phi) is 6.83. The molecule has 2 unspecified atom stereocenters. The predicted octanol–water partition coefficient (Wildman–Crippen LogP) is 3.86. The number of benzene rings is 1. The topological polar surface area (TPSA) is 21.3 Å². The molecule has 0 aliphatic carbocycles. The molecule has 1 aliphatic heterocycles. The molecule has 1 aromatic rings. The lowest BCUT2D eigenvalue weighted by Crippen LogP contribution is -2.27. The Morgan fingerprint density at radius 2 is 2.20 bits per heavy atom. The summed E-state index contributed by atoms with van der Waals surface area (Å²) < 4.78 is 18.5. The molecule has 0 radical (unpaired) electrons. The fourth-order valence-corrected chi connectivity index (χ4v) is 3.56. The summed E-state index contributed by atoms with van der Waals surface area (Å²) in [5.74, 6) is 0.851. The molecule has 1 fully saturated rings. The first kappa shape index (κ1) is 15.8. The van der Waals surface area contributed by atoms with Gasteiger partial charge in [0.2, 0.25) is 0 Å². The number of rotatable bonds is 8. The molecule has 1 aromatic carbocycles. The molecule has 0 aromatic heterocycles. The molecule has 0 saturated carbocycles. The van der Waals surface area contributed by atoms with Gasteiger partial charge < -0.3 is 10.1 Å². The number of ether oxygens (including phenoxy) is 1. The van der Waals surface area contributed by atoms with Crippen LogP contribution >= 0.6 is 11.8 Å². The summed E-state index contributed by atoms with van der Waals surface area (Å²) in [6.45, 7) is 0.945. The molecule has 0 spiro atoms. The summed E-state index contributed by atoms with van der Waals surface area (Å²) in [6.07, 6.45) is 6.51. The van der Waals surface area contributed by atoms with Crippen LogP contribution in [0, 0.1) is 5.82 Å². The van der Waals surface area contributed by atoms with Crippen LogP contribution in [0.1, 0.15) is 32.1 Å². The zero-order valence-corrected chi connectivity index (χ0v) is 12.9. The lowest BCUT2D eigenvalue weighted by molar-refractivity contribution is 0.101. The standard InChI is InChI=1S/C16H24FNOS/c1-18-14(4-2-5-15-6-3-11-19-15)12-20-16-9-7-13(17)8-10-16/h7-10,14-15,18H,2-6,11-12H2,1H3. The predicted molar refractivity (Wildman–Crippen MR) is 82.8 cm³/mol. The summed E-state index contributed by atoms with van der Waals surface area (Å²) in [5.41, 5.74) is 0. The van der Waals surface area contributed by atoms with Crippen molar-refractivity contribution in [2.24, 2.45) is 0 Å². The van der Waals surface area contributed by atoms with Crippen molar-refractivity contribution < 1.29 is 9.13 Å². The van der Waals surface area contributed by atoms with Gasteiger partial charge in [0.05, 0.1) is 6.10 Å². The second kappa shape index (κ2) is 8.65. The molecule has 0 amide bonds. The molecule has 112 valence electrons. The van der Waals surface area contributed by atoms with Crippen LogP contribution in [0.4, 0.5) is 4.39 Å². The quantitative estimate of drug-likeness (QED) is 0.736. The van der Waals surface area contributed by atoms with E-state index >= 15 is 0 Å². The number of thioether (sulfide) groups is 1. The molecule has 2 rings (SSSR count). The van der Waals surface area contributed by atoms with Gasteiger partial charge in [-0.25, -0.2) is 4.39 Å². The summed E-state index contributed by atoms with van der Waals surface area (Å²) in [7, 11) is 2.02. The van der Waals surface area contributed by atoms with E-state index in [1.165, 1.54) is 44.2 Å². The van der Waals surface area contributed by atoms with Gasteiger partial charge in [0.25, 0.3) is 0 Å². The van der Waals surface area contributed by atoms with Crippen LogP contribution in [0.3, 0.4) is 0 Å². The second-order valence-electron chi connectivity index (χ2n) is 5.32. The van der Waals surface area contributed by atoms with Gasteiger partial charge in [-0.3, -0.25) is 0 Å². The molecule has 20 heavy (non-hydrogen) atoms. The van der Waals surface area contributed by atoms with Gasteiger partial charge >= 0.3 is 0 Å². The number of hydrogen-bond acceptors (Lipinski definition) is 3. The van der Waals surface area contributed by atoms with Crippen LogP contribution in [0.5, 0.6) is 0 Å². The minimum atomic E-state index is -0.170. The minimum absolute atomic E-state index is 0.170. The maximum absolute atomic E-state index is 12.8. The maximum atomic E-state index is 12.8. The maximum Gasteiger partial charge on any atom is 0.123 e. The highest BCUT2D eigenvalue weighted by atomic mass is 32.2. The fourth-order valence-electron chi connectivity index (χ4n) is 2.50. The van der Waals surface area contributed by atoms with Crippen molar-refractivity contribution in [3.05, 3.63) is 30.1 Å². The zero-order chi connectivity index (χ0) is 14.2. The van der Waals surface area contributed by atoms with E-state index in [4.69, 9.17) is 4.74 Å². The van der Waals surface area contributed by atoms with Crippen LogP contribution < -0.4 is 5.32 Å². The van der Waals surface area contributed by atoms with Gasteiger partial charge in [0.1, 0.15) is 5.82 Å². The molecule has 1 aliphatic rings. The molecule has 0 bridgehead atoms. The molecule has 1 heterocycles. The Balaban J connectivity index is 1.64. The molecule has 1 N–H and O–H groups in total. The van der Waals surface area contributed by atoms with Crippen LogP contribution in [-0.4, -0.2) is 31.6 Å². The highest BCUT2D eigenvalue weighted by molar-refractivity contribution is 7.99. The Hall–Kier alpha value is -0.580. The van der Waals surface area contributed by atoms with Crippen LogP contribution in [-0.2, 0) is 4.74 Å². The van der Waals surface area contributed by atoms with Crippen LogP contribution in [0.25, 0.3) is 0 Å². The second-order valence-corrected chi connectivity index (χ2v) is 6.41. The van der Waals surface area contributed by atoms with Gasteiger partial charge in [0, 0.05) is 23.3 Å². The zero-order valence-electron chi connectivity index (χ0n) is 12.1. The van der Waals surface area contributed by atoms with Crippen molar-refractivity contribution >= 4 is 11.8 Å². The van der Waals surface area contributed by atoms with Gasteiger partial charge in [-0.1, -0.05) is 0 Å². The normalized spacial score (nSPS) is 20.2. The first-order valence-corrected chi connectivity index (χ1v) is 8.43. The van der Waals surface area contributed by atoms with Crippen molar-refractivity contribution in [3.8, 4) is 0 Å². The third kappa shape index (κ3) is 5.43. The van der Waals surface area contributed by atoms with Gasteiger partial charge in [-0.15, -0.1) is 11.8 Å². The fraction of sp³-hybridized carbons (Fsp3) is 0.625. The summed E-state index contributed by atoms with van der Waals surface area (Å²) in [6, 6.07) is 7.24. The smallest absolute Gasteiger partial charge is 0.123 e. The lowest BCUT2D eigenvalue weighted by Gasteiger charge is -2.17. The van der Waals surface area contributed by atoms with Crippen molar-refractivity contribution in [2.75, 3.05) is 19.4 Å². The Morgan fingerprint density at radius 3 is 2.85 bits per heavy atom. The van der Waals surface area contributed by atoms with E-state index in [0.29, 0.717) is 12.1 Å². The average molecular weight is 297 g/mol. The van der Waals surface area contributed by atoms with E-state index in [9.17, 15) is 4.39 Å². The van der Waals surface area contributed by atoms with Crippen molar-refractivity contribution in [1.29, 1.82) is 0 Å².